The fraction of sp³-hybridized carbons (Fsp3) is 0.0769. The van der Waals surface area contributed by atoms with E-state index in [0.717, 1.165) is 20.3 Å². The third kappa shape index (κ3) is 5.32. The van der Waals surface area contributed by atoms with Gasteiger partial charge in [-0.25, -0.2) is 0 Å². The highest BCUT2D eigenvalue weighted by molar-refractivity contribution is 9.10. The van der Waals surface area contributed by atoms with Crippen LogP contribution in [0.25, 0.3) is 0 Å². The summed E-state index contributed by atoms with van der Waals surface area (Å²) >= 11 is 7.06. The normalized spacial score (nSPS) is 12.7. The molecule has 4 aromatic carbocycles. The molecule has 0 aliphatic carbocycles. The second-order valence-electron chi connectivity index (χ2n) is 7.08. The van der Waals surface area contributed by atoms with Gasteiger partial charge in [0.2, 0.25) is 0 Å². The van der Waals surface area contributed by atoms with Crippen LogP contribution in [0.1, 0.15) is 23.2 Å². The van der Waals surface area contributed by atoms with Gasteiger partial charge in [0.05, 0.1) is 12.1 Å². The quantitative estimate of drug-likeness (QED) is 0.256. The summed E-state index contributed by atoms with van der Waals surface area (Å²) in [6.45, 7) is 0. The first kappa shape index (κ1) is 20.7. The minimum Gasteiger partial charge on any atom is -0.376 e. The Morgan fingerprint density at radius 1 is 0.433 bits per heavy atom. The van der Waals surface area contributed by atoms with Gasteiger partial charge in [-0.15, -0.1) is 0 Å². The molecular weight excluding hydrogens is 500 g/mol. The second-order valence-corrected chi connectivity index (χ2v) is 8.91. The van der Waals surface area contributed by atoms with Gasteiger partial charge in [0.25, 0.3) is 0 Å². The molecule has 0 bridgehead atoms. The predicted molar refractivity (Wildman–Crippen MR) is 134 cm³/mol. The molecule has 30 heavy (non-hydrogen) atoms. The van der Waals surface area contributed by atoms with Crippen molar-refractivity contribution in [3.05, 3.63) is 129 Å². The zero-order valence-electron chi connectivity index (χ0n) is 16.3. The van der Waals surface area contributed by atoms with Crippen molar-refractivity contribution in [2.75, 3.05) is 10.6 Å². The van der Waals surface area contributed by atoms with Gasteiger partial charge in [-0.2, -0.15) is 0 Å². The van der Waals surface area contributed by atoms with Crippen molar-refractivity contribution in [1.82, 2.24) is 0 Å². The third-order valence-corrected chi connectivity index (χ3v) is 6.04. The van der Waals surface area contributed by atoms with E-state index >= 15 is 0 Å². The maximum Gasteiger partial charge on any atom is 0.0757 e. The summed E-state index contributed by atoms with van der Waals surface area (Å²) in [7, 11) is 0. The molecule has 4 heteroatoms. The lowest BCUT2D eigenvalue weighted by Crippen LogP contribution is -2.25. The van der Waals surface area contributed by atoms with Gasteiger partial charge < -0.3 is 10.6 Å². The van der Waals surface area contributed by atoms with E-state index in [4.69, 9.17) is 0 Å². The first-order chi connectivity index (χ1) is 14.7. The Morgan fingerprint density at radius 3 is 1.10 bits per heavy atom. The van der Waals surface area contributed by atoms with Crippen LogP contribution in [0.2, 0.25) is 0 Å². The van der Waals surface area contributed by atoms with E-state index < -0.39 is 0 Å². The van der Waals surface area contributed by atoms with Crippen LogP contribution < -0.4 is 10.6 Å². The number of benzene rings is 4. The maximum atomic E-state index is 3.76. The Bertz CT molecular complexity index is 961. The average Bonchev–Trinajstić information content (AvgIpc) is 2.80. The molecule has 0 saturated carbocycles. The largest absolute Gasteiger partial charge is 0.376 e. The van der Waals surface area contributed by atoms with Gasteiger partial charge in [-0.05, 0) is 59.7 Å². The standard InChI is InChI=1S/C26H22Br2N2/c27-21-11-15-23(16-12-21)29-25(19-7-3-1-4-8-19)26(20-9-5-2-6-10-20)30-24-17-13-22(28)14-18-24/h1-18,25-26,29-30H/t25-,26-/m0/s1. The van der Waals surface area contributed by atoms with Gasteiger partial charge in [0, 0.05) is 20.3 Å². The summed E-state index contributed by atoms with van der Waals surface area (Å²) in [5, 5.41) is 7.52. The lowest BCUT2D eigenvalue weighted by molar-refractivity contribution is 0.650. The number of hydrogen-bond donors (Lipinski definition) is 2. The molecule has 0 unspecified atom stereocenters. The van der Waals surface area contributed by atoms with E-state index in [-0.39, 0.29) is 12.1 Å². The van der Waals surface area contributed by atoms with E-state index in [0.29, 0.717) is 0 Å². The molecule has 0 radical (unpaired) electrons. The summed E-state index contributed by atoms with van der Waals surface area (Å²) in [6.07, 6.45) is 0. The molecule has 0 aliphatic heterocycles. The molecule has 0 amide bonds. The molecule has 0 spiro atoms. The zero-order valence-corrected chi connectivity index (χ0v) is 19.5. The highest BCUT2D eigenvalue weighted by atomic mass is 79.9. The second kappa shape index (κ2) is 9.96. The average molecular weight is 522 g/mol. The minimum absolute atomic E-state index is 0.0263. The molecule has 0 saturated heterocycles. The first-order valence-electron chi connectivity index (χ1n) is 9.83. The summed E-state index contributed by atoms with van der Waals surface area (Å²) < 4.78 is 2.13. The van der Waals surface area contributed by atoms with Crippen LogP contribution in [0.15, 0.2) is 118 Å². The van der Waals surface area contributed by atoms with Crippen molar-refractivity contribution in [2.45, 2.75) is 12.1 Å². The Hall–Kier alpha value is -2.56. The SMILES string of the molecule is Brc1ccc(N[C@@H](c2ccccc2)[C@@H](Nc2ccc(Br)cc2)c2ccccc2)cc1. The van der Waals surface area contributed by atoms with Crippen LogP contribution >= 0.6 is 31.9 Å². The fourth-order valence-electron chi connectivity index (χ4n) is 3.49. The number of rotatable bonds is 7. The van der Waals surface area contributed by atoms with Gasteiger partial charge in [-0.3, -0.25) is 0 Å². The van der Waals surface area contributed by atoms with E-state index in [1.807, 2.05) is 0 Å². The Kier molecular flexibility index (Phi) is 6.88. The molecule has 150 valence electrons. The van der Waals surface area contributed by atoms with Crippen molar-refractivity contribution >= 4 is 43.2 Å². The molecule has 0 heterocycles. The molecule has 2 N–H and O–H groups in total. The maximum absolute atomic E-state index is 3.76. The summed E-state index contributed by atoms with van der Waals surface area (Å²) in [5.41, 5.74) is 4.59. The number of halogens is 2. The van der Waals surface area contributed by atoms with E-state index in [2.05, 4.69) is 152 Å². The molecule has 2 atom stereocenters. The summed E-state index contributed by atoms with van der Waals surface area (Å²) in [5.74, 6) is 0. The van der Waals surface area contributed by atoms with E-state index in [1.165, 1.54) is 11.1 Å². The number of hydrogen-bond acceptors (Lipinski definition) is 2. The van der Waals surface area contributed by atoms with Crippen molar-refractivity contribution in [2.24, 2.45) is 0 Å². The fourth-order valence-corrected chi connectivity index (χ4v) is 4.02. The monoisotopic (exact) mass is 520 g/mol. The zero-order chi connectivity index (χ0) is 20.8. The molecule has 0 aromatic heterocycles. The van der Waals surface area contributed by atoms with Crippen LogP contribution in [-0.4, -0.2) is 0 Å². The van der Waals surface area contributed by atoms with Crippen molar-refractivity contribution < 1.29 is 0 Å². The molecule has 4 rings (SSSR count). The number of nitrogens with one attached hydrogen (secondary N) is 2. The van der Waals surface area contributed by atoms with Crippen LogP contribution in [0.4, 0.5) is 11.4 Å². The molecule has 0 fully saturated rings. The van der Waals surface area contributed by atoms with Gasteiger partial charge in [0.15, 0.2) is 0 Å². The smallest absolute Gasteiger partial charge is 0.0757 e. The minimum atomic E-state index is 0.0263. The number of anilines is 2. The molecular formula is C26H22Br2N2. The lowest BCUT2D eigenvalue weighted by Gasteiger charge is -2.31. The van der Waals surface area contributed by atoms with Crippen molar-refractivity contribution in [3.8, 4) is 0 Å². The van der Waals surface area contributed by atoms with E-state index in [1.54, 1.807) is 0 Å². The van der Waals surface area contributed by atoms with Crippen molar-refractivity contribution in [1.29, 1.82) is 0 Å². The van der Waals surface area contributed by atoms with Gasteiger partial charge in [-0.1, -0.05) is 92.5 Å². The van der Waals surface area contributed by atoms with E-state index in [9.17, 15) is 0 Å². The first-order valence-corrected chi connectivity index (χ1v) is 11.4. The molecule has 0 aliphatic rings. The van der Waals surface area contributed by atoms with Crippen LogP contribution in [0, 0.1) is 0 Å². The predicted octanol–water partition coefficient (Wildman–Crippen LogP) is 8.22. The molecule has 4 aromatic rings. The summed E-state index contributed by atoms with van der Waals surface area (Å²) in [6, 6.07) is 37.9. The van der Waals surface area contributed by atoms with Gasteiger partial charge >= 0.3 is 0 Å². The van der Waals surface area contributed by atoms with Crippen LogP contribution in [0.3, 0.4) is 0 Å². The van der Waals surface area contributed by atoms with Gasteiger partial charge in [0.1, 0.15) is 0 Å². The Labute approximate surface area is 194 Å². The highest BCUT2D eigenvalue weighted by Crippen LogP contribution is 2.35. The topological polar surface area (TPSA) is 24.1 Å². The lowest BCUT2D eigenvalue weighted by atomic mass is 9.92. The highest BCUT2D eigenvalue weighted by Gasteiger charge is 2.25. The third-order valence-electron chi connectivity index (χ3n) is 4.98. The van der Waals surface area contributed by atoms with Crippen molar-refractivity contribution in [3.63, 3.8) is 0 Å². The van der Waals surface area contributed by atoms with Crippen LogP contribution in [0.5, 0.6) is 0 Å². The Balaban J connectivity index is 1.75. The Morgan fingerprint density at radius 2 is 0.767 bits per heavy atom. The summed E-state index contributed by atoms with van der Waals surface area (Å²) in [4.78, 5) is 0. The molecule has 2 nitrogen and oxygen atoms in total. The van der Waals surface area contributed by atoms with Crippen LogP contribution in [-0.2, 0) is 0 Å².